The van der Waals surface area contributed by atoms with Crippen molar-refractivity contribution in [3.63, 3.8) is 0 Å². The molecule has 0 amide bonds. The van der Waals surface area contributed by atoms with Crippen molar-refractivity contribution in [3.8, 4) is 0 Å². The lowest BCUT2D eigenvalue weighted by Gasteiger charge is -2.57. The Morgan fingerprint density at radius 3 is 1.02 bits per heavy atom. The molecule has 2 aliphatic heterocycles. The summed E-state index contributed by atoms with van der Waals surface area (Å²) in [6.45, 7) is 0. The highest BCUT2D eigenvalue weighted by atomic mass is 17.3. The highest BCUT2D eigenvalue weighted by Crippen LogP contribution is 2.65. The predicted octanol–water partition coefficient (Wildman–Crippen LogP) is 6.18. The molecule has 0 radical (unpaired) electrons. The second-order valence-electron chi connectivity index (χ2n) is 16.6. The summed E-state index contributed by atoms with van der Waals surface area (Å²) in [5, 5.41) is 18.3. The highest BCUT2D eigenvalue weighted by Gasteiger charge is 2.68. The van der Waals surface area contributed by atoms with E-state index in [-0.39, 0.29) is 11.8 Å². The van der Waals surface area contributed by atoms with Crippen LogP contribution in [-0.2, 0) is 38.6 Å². The van der Waals surface area contributed by atoms with E-state index in [0.717, 1.165) is 23.7 Å². The monoisotopic (exact) mass is 616 g/mol. The van der Waals surface area contributed by atoms with Crippen LogP contribution in [-0.4, -0.2) is 45.3 Å². The van der Waals surface area contributed by atoms with Crippen LogP contribution in [0.3, 0.4) is 0 Å². The van der Waals surface area contributed by atoms with E-state index in [1.54, 1.807) is 0 Å². The van der Waals surface area contributed by atoms with Crippen LogP contribution in [0, 0.1) is 59.2 Å². The first-order chi connectivity index (χ1) is 21.2. The minimum atomic E-state index is -0.696. The molecule has 0 unspecified atom stereocenters. The van der Waals surface area contributed by atoms with Crippen molar-refractivity contribution in [3.05, 3.63) is 0 Å². The molecule has 244 valence electrons. The Hall–Kier alpha value is -1.30. The van der Waals surface area contributed by atoms with Gasteiger partial charge in [-0.25, -0.2) is 0 Å². The van der Waals surface area contributed by atoms with Gasteiger partial charge in [0.2, 0.25) is 23.1 Å². The molecule has 0 aromatic carbocycles. The molecule has 10 saturated carbocycles. The third-order valence-corrected chi connectivity index (χ3v) is 14.1. The maximum atomic E-state index is 11.1. The van der Waals surface area contributed by atoms with Gasteiger partial charge in [0.25, 0.3) is 0 Å². The number of rotatable bonds is 2. The van der Waals surface area contributed by atoms with Crippen LogP contribution in [0.4, 0.5) is 0 Å². The summed E-state index contributed by atoms with van der Waals surface area (Å²) in [5.41, 5.74) is 0. The van der Waals surface area contributed by atoms with Crippen molar-refractivity contribution >= 4 is 11.9 Å². The molecule has 12 aliphatic rings. The second-order valence-corrected chi connectivity index (χ2v) is 16.6. The minimum absolute atomic E-state index is 0.257. The first-order valence-corrected chi connectivity index (χ1v) is 17.8. The van der Waals surface area contributed by atoms with Crippen molar-refractivity contribution < 1.29 is 48.8 Å². The summed E-state index contributed by atoms with van der Waals surface area (Å²) in [6, 6.07) is 0. The molecule has 0 aromatic heterocycles. The number of aliphatic carboxylic acids is 2. The number of carboxylic acid groups (broad SMARTS) is 2. The van der Waals surface area contributed by atoms with Crippen molar-refractivity contribution in [2.24, 2.45) is 59.2 Å². The first-order valence-electron chi connectivity index (χ1n) is 17.8. The molecule has 8 bridgehead atoms. The van der Waals surface area contributed by atoms with E-state index in [1.165, 1.54) is 64.2 Å². The Bertz CT molecular complexity index is 1020. The zero-order valence-corrected chi connectivity index (χ0v) is 25.7. The molecular weight excluding hydrogens is 568 g/mol. The lowest BCUT2D eigenvalue weighted by atomic mass is 9.53. The van der Waals surface area contributed by atoms with E-state index in [2.05, 4.69) is 0 Å². The largest absolute Gasteiger partial charge is 0.481 e. The second kappa shape index (κ2) is 10.1. The van der Waals surface area contributed by atoms with Gasteiger partial charge in [-0.2, -0.15) is 19.6 Å². The third-order valence-electron chi connectivity index (χ3n) is 14.1. The van der Waals surface area contributed by atoms with Crippen molar-refractivity contribution in [2.75, 3.05) is 0 Å². The summed E-state index contributed by atoms with van der Waals surface area (Å²) in [7, 11) is 0. The highest BCUT2D eigenvalue weighted by molar-refractivity contribution is 5.70. The fraction of sp³-hybridized carbons (Fsp3) is 0.941. The standard InChI is InChI=1S/2C17H24O5/c2*18-15(19)12-1-3-16(4-2-12)20-17(22-21-16)13-6-10-5-11(8-13)9-14(17)7-10/h2*10-14H,1-9H2,(H,18,19). The Kier molecular flexibility index (Phi) is 6.63. The zero-order valence-electron chi connectivity index (χ0n) is 25.7. The number of ether oxygens (including phenoxy) is 2. The van der Waals surface area contributed by atoms with Gasteiger partial charge in [-0.1, -0.05) is 0 Å². The lowest BCUT2D eigenvalue weighted by molar-refractivity contribution is -0.390. The van der Waals surface area contributed by atoms with Gasteiger partial charge in [-0.05, 0) is 114 Å². The van der Waals surface area contributed by atoms with Crippen molar-refractivity contribution in [1.82, 2.24) is 0 Å². The van der Waals surface area contributed by atoms with E-state index in [1.807, 2.05) is 0 Å². The van der Waals surface area contributed by atoms with Crippen LogP contribution >= 0.6 is 0 Å². The summed E-state index contributed by atoms with van der Waals surface area (Å²) in [5.74, 6) is 1.02. The summed E-state index contributed by atoms with van der Waals surface area (Å²) >= 11 is 0. The molecule has 2 N–H and O–H groups in total. The Morgan fingerprint density at radius 1 is 0.455 bits per heavy atom. The van der Waals surface area contributed by atoms with Crippen LogP contribution in [0.25, 0.3) is 0 Å². The maximum absolute atomic E-state index is 11.1. The molecule has 2 saturated heterocycles. The van der Waals surface area contributed by atoms with Gasteiger partial charge < -0.3 is 19.7 Å². The molecule has 0 atom stereocenters. The molecule has 10 heteroatoms. The van der Waals surface area contributed by atoms with Crippen molar-refractivity contribution in [1.29, 1.82) is 0 Å². The molecule has 4 spiro atoms. The van der Waals surface area contributed by atoms with Gasteiger partial charge >= 0.3 is 11.9 Å². The van der Waals surface area contributed by atoms with Gasteiger partial charge in [0.15, 0.2) is 0 Å². The lowest BCUT2D eigenvalue weighted by Crippen LogP contribution is -2.59. The topological polar surface area (TPSA) is 130 Å². The van der Waals surface area contributed by atoms with Gasteiger partial charge in [-0.3, -0.25) is 9.59 Å². The fourth-order valence-corrected chi connectivity index (χ4v) is 12.2. The van der Waals surface area contributed by atoms with E-state index in [9.17, 15) is 9.59 Å². The quantitative estimate of drug-likeness (QED) is 0.347. The molecule has 10 aliphatic carbocycles. The van der Waals surface area contributed by atoms with Gasteiger partial charge in [0.1, 0.15) is 0 Å². The molecule has 44 heavy (non-hydrogen) atoms. The number of carboxylic acids is 2. The van der Waals surface area contributed by atoms with Gasteiger partial charge in [0, 0.05) is 49.4 Å². The van der Waals surface area contributed by atoms with Crippen LogP contribution in [0.2, 0.25) is 0 Å². The SMILES string of the molecule is O=C(O)C1CCC2(CC1)OOC1(O2)C2CC3CC(C2)CC1C3.O=C(O)C1CCC2(CC1)OOC1(O2)C2CC3CC(C2)CC1C3. The summed E-state index contributed by atoms with van der Waals surface area (Å²) in [4.78, 5) is 45.7. The zero-order chi connectivity index (χ0) is 29.9. The summed E-state index contributed by atoms with van der Waals surface area (Å²) < 4.78 is 13.1. The molecule has 2 heterocycles. The number of hydrogen-bond donors (Lipinski definition) is 2. The van der Waals surface area contributed by atoms with Gasteiger partial charge in [0.05, 0.1) is 11.8 Å². The molecule has 10 nitrogen and oxygen atoms in total. The molecule has 12 fully saturated rings. The smallest absolute Gasteiger partial charge is 0.306 e. The third kappa shape index (κ3) is 4.40. The molecule has 0 aromatic rings. The summed E-state index contributed by atoms with van der Waals surface area (Å²) in [6.07, 6.45) is 17.5. The van der Waals surface area contributed by atoms with E-state index < -0.39 is 35.1 Å². The first kappa shape index (κ1) is 28.9. The molecule has 12 rings (SSSR count). The average molecular weight is 617 g/mol. The van der Waals surface area contributed by atoms with Gasteiger partial charge in [-0.15, -0.1) is 0 Å². The Balaban J connectivity index is 0.000000123. The predicted molar refractivity (Wildman–Crippen MR) is 151 cm³/mol. The fourth-order valence-electron chi connectivity index (χ4n) is 12.2. The van der Waals surface area contributed by atoms with E-state index in [4.69, 9.17) is 39.2 Å². The number of carbonyl (C=O) groups is 2. The maximum Gasteiger partial charge on any atom is 0.306 e. The average Bonchev–Trinajstić information content (AvgIpc) is 3.55. The van der Waals surface area contributed by atoms with Crippen molar-refractivity contribution in [2.45, 2.75) is 139 Å². The van der Waals surface area contributed by atoms with Crippen LogP contribution in [0.1, 0.15) is 116 Å². The van der Waals surface area contributed by atoms with E-state index in [0.29, 0.717) is 75.0 Å². The normalized spacial score (nSPS) is 56.1. The molecular formula is C34H48O10. The van der Waals surface area contributed by atoms with Crippen LogP contribution in [0.15, 0.2) is 0 Å². The minimum Gasteiger partial charge on any atom is -0.481 e. The van der Waals surface area contributed by atoms with E-state index >= 15 is 0 Å². The Morgan fingerprint density at radius 2 is 0.750 bits per heavy atom. The number of hydrogen-bond acceptors (Lipinski definition) is 8. The van der Waals surface area contributed by atoms with Crippen LogP contribution in [0.5, 0.6) is 0 Å². The van der Waals surface area contributed by atoms with Crippen LogP contribution < -0.4 is 0 Å². The Labute approximate surface area is 258 Å².